The summed E-state index contributed by atoms with van der Waals surface area (Å²) in [6.07, 6.45) is 4.30. The molecule has 0 bridgehead atoms. The lowest BCUT2D eigenvalue weighted by Crippen LogP contribution is -2.38. The Morgan fingerprint density at radius 2 is 2.38 bits per heavy atom. The number of carbonyl (C=O) groups excluding carboxylic acids is 1. The Morgan fingerprint density at radius 1 is 1.56 bits per heavy atom. The summed E-state index contributed by atoms with van der Waals surface area (Å²) in [4.78, 5) is 13.7. The van der Waals surface area contributed by atoms with E-state index in [4.69, 9.17) is 5.73 Å². The first kappa shape index (κ1) is 13.5. The number of nitrogens with one attached hydrogen (secondary N) is 1. The van der Waals surface area contributed by atoms with Crippen LogP contribution in [0.4, 0.5) is 0 Å². The van der Waals surface area contributed by atoms with Gasteiger partial charge in [-0.2, -0.15) is 0 Å². The number of carbonyl (C=O) groups is 1. The van der Waals surface area contributed by atoms with Gasteiger partial charge in [-0.15, -0.1) is 0 Å². The van der Waals surface area contributed by atoms with Crippen molar-refractivity contribution in [1.29, 1.82) is 0 Å². The van der Waals surface area contributed by atoms with E-state index in [2.05, 4.69) is 10.2 Å². The summed E-state index contributed by atoms with van der Waals surface area (Å²) in [5.74, 6) is 0.913. The average Bonchev–Trinajstić information content (AvgIpc) is 2.28. The SMILES string of the molecule is CCNC(=O)CCN1CCCC(CCN)C1. The molecule has 16 heavy (non-hydrogen) atoms. The Balaban J connectivity index is 2.18. The van der Waals surface area contributed by atoms with Gasteiger partial charge < -0.3 is 16.0 Å². The molecule has 0 aromatic heterocycles. The average molecular weight is 227 g/mol. The van der Waals surface area contributed by atoms with Gasteiger partial charge in [0.25, 0.3) is 0 Å². The summed E-state index contributed by atoms with van der Waals surface area (Å²) in [7, 11) is 0. The zero-order chi connectivity index (χ0) is 11.8. The highest BCUT2D eigenvalue weighted by Crippen LogP contribution is 2.18. The molecule has 0 spiro atoms. The number of amides is 1. The van der Waals surface area contributed by atoms with Crippen molar-refractivity contribution in [3.8, 4) is 0 Å². The molecule has 1 rings (SSSR count). The Bertz CT molecular complexity index is 206. The van der Waals surface area contributed by atoms with Gasteiger partial charge in [0.05, 0.1) is 0 Å². The second kappa shape index (κ2) is 7.63. The van der Waals surface area contributed by atoms with E-state index in [-0.39, 0.29) is 5.91 Å². The Hall–Kier alpha value is -0.610. The predicted molar refractivity (Wildman–Crippen MR) is 66.1 cm³/mol. The van der Waals surface area contributed by atoms with Crippen LogP contribution in [0.2, 0.25) is 0 Å². The van der Waals surface area contributed by atoms with E-state index in [0.717, 1.165) is 45.1 Å². The quantitative estimate of drug-likeness (QED) is 0.697. The van der Waals surface area contributed by atoms with Crippen LogP contribution >= 0.6 is 0 Å². The standard InChI is InChI=1S/C12H25N3O/c1-2-14-12(16)6-9-15-8-3-4-11(10-15)5-7-13/h11H,2-10,13H2,1H3,(H,14,16). The third-order valence-electron chi connectivity index (χ3n) is 3.21. The summed E-state index contributed by atoms with van der Waals surface area (Å²) in [6.45, 7) is 6.63. The molecule has 3 N–H and O–H groups in total. The number of likely N-dealkylation sites (tertiary alicyclic amines) is 1. The van der Waals surface area contributed by atoms with Crippen LogP contribution in [0.25, 0.3) is 0 Å². The van der Waals surface area contributed by atoms with Crippen LogP contribution in [0.15, 0.2) is 0 Å². The lowest BCUT2D eigenvalue weighted by molar-refractivity contribution is -0.121. The maximum atomic E-state index is 11.3. The molecule has 0 aromatic rings. The molecule has 4 nitrogen and oxygen atoms in total. The zero-order valence-electron chi connectivity index (χ0n) is 10.4. The van der Waals surface area contributed by atoms with Crippen LogP contribution in [0.3, 0.4) is 0 Å². The highest BCUT2D eigenvalue weighted by atomic mass is 16.1. The van der Waals surface area contributed by atoms with Gasteiger partial charge in [0.15, 0.2) is 0 Å². The third-order valence-corrected chi connectivity index (χ3v) is 3.21. The molecule has 0 aromatic carbocycles. The van der Waals surface area contributed by atoms with Crippen LogP contribution in [-0.2, 0) is 4.79 Å². The molecule has 0 aliphatic carbocycles. The Labute approximate surface area is 98.6 Å². The minimum absolute atomic E-state index is 0.170. The van der Waals surface area contributed by atoms with Crippen molar-refractivity contribution in [3.63, 3.8) is 0 Å². The van der Waals surface area contributed by atoms with Gasteiger partial charge in [0.2, 0.25) is 5.91 Å². The molecule has 0 radical (unpaired) electrons. The number of piperidine rings is 1. The van der Waals surface area contributed by atoms with Gasteiger partial charge in [0, 0.05) is 26.1 Å². The highest BCUT2D eigenvalue weighted by Gasteiger charge is 2.19. The van der Waals surface area contributed by atoms with Gasteiger partial charge in [-0.05, 0) is 45.2 Å². The summed E-state index contributed by atoms with van der Waals surface area (Å²) < 4.78 is 0. The van der Waals surface area contributed by atoms with Crippen molar-refractivity contribution < 1.29 is 4.79 Å². The van der Waals surface area contributed by atoms with Crippen LogP contribution in [0, 0.1) is 5.92 Å². The van der Waals surface area contributed by atoms with Crippen molar-refractivity contribution in [2.24, 2.45) is 11.7 Å². The zero-order valence-corrected chi connectivity index (χ0v) is 10.4. The molecule has 94 valence electrons. The van der Waals surface area contributed by atoms with Crippen molar-refractivity contribution >= 4 is 5.91 Å². The summed E-state index contributed by atoms with van der Waals surface area (Å²) in [5, 5.41) is 2.84. The highest BCUT2D eigenvalue weighted by molar-refractivity contribution is 5.75. The van der Waals surface area contributed by atoms with Crippen LogP contribution < -0.4 is 11.1 Å². The van der Waals surface area contributed by atoms with Gasteiger partial charge in [-0.3, -0.25) is 4.79 Å². The predicted octanol–water partition coefficient (Wildman–Crippen LogP) is 0.573. The van der Waals surface area contributed by atoms with E-state index in [0.29, 0.717) is 6.42 Å². The first-order chi connectivity index (χ1) is 7.76. The number of nitrogens with two attached hydrogens (primary N) is 1. The molecule has 1 amide bonds. The monoisotopic (exact) mass is 227 g/mol. The molecule has 0 saturated carbocycles. The Morgan fingerprint density at radius 3 is 3.06 bits per heavy atom. The number of hydrogen-bond donors (Lipinski definition) is 2. The van der Waals surface area contributed by atoms with Crippen molar-refractivity contribution in [2.45, 2.75) is 32.6 Å². The third kappa shape index (κ3) is 4.94. The molecule has 1 atom stereocenters. The van der Waals surface area contributed by atoms with Crippen LogP contribution in [0.5, 0.6) is 0 Å². The first-order valence-electron chi connectivity index (χ1n) is 6.45. The van der Waals surface area contributed by atoms with E-state index in [1.54, 1.807) is 0 Å². The van der Waals surface area contributed by atoms with Crippen LogP contribution in [0.1, 0.15) is 32.6 Å². The van der Waals surface area contributed by atoms with Gasteiger partial charge in [-0.25, -0.2) is 0 Å². The topological polar surface area (TPSA) is 58.4 Å². The smallest absolute Gasteiger partial charge is 0.221 e. The van der Waals surface area contributed by atoms with Crippen molar-refractivity contribution in [3.05, 3.63) is 0 Å². The maximum Gasteiger partial charge on any atom is 0.221 e. The van der Waals surface area contributed by atoms with Gasteiger partial charge in [0.1, 0.15) is 0 Å². The summed E-state index contributed by atoms with van der Waals surface area (Å²) >= 11 is 0. The Kier molecular flexibility index (Phi) is 6.42. The van der Waals surface area contributed by atoms with Crippen LogP contribution in [-0.4, -0.2) is 43.5 Å². The fourth-order valence-electron chi connectivity index (χ4n) is 2.37. The minimum Gasteiger partial charge on any atom is -0.356 e. The number of hydrogen-bond acceptors (Lipinski definition) is 3. The van der Waals surface area contributed by atoms with Crippen molar-refractivity contribution in [2.75, 3.05) is 32.7 Å². The maximum absolute atomic E-state index is 11.3. The van der Waals surface area contributed by atoms with E-state index in [1.807, 2.05) is 6.92 Å². The van der Waals surface area contributed by atoms with Crippen molar-refractivity contribution in [1.82, 2.24) is 10.2 Å². The second-order valence-electron chi connectivity index (χ2n) is 4.59. The molecule has 1 fully saturated rings. The molecular weight excluding hydrogens is 202 g/mol. The molecule has 1 unspecified atom stereocenters. The summed E-state index contributed by atoms with van der Waals surface area (Å²) in [6, 6.07) is 0. The lowest BCUT2D eigenvalue weighted by Gasteiger charge is -2.32. The minimum atomic E-state index is 0.170. The van der Waals surface area contributed by atoms with Gasteiger partial charge in [-0.1, -0.05) is 0 Å². The lowest BCUT2D eigenvalue weighted by atomic mass is 9.95. The fourth-order valence-corrected chi connectivity index (χ4v) is 2.37. The number of nitrogens with zero attached hydrogens (tertiary/aromatic N) is 1. The fraction of sp³-hybridized carbons (Fsp3) is 0.917. The van der Waals surface area contributed by atoms with Gasteiger partial charge >= 0.3 is 0 Å². The first-order valence-corrected chi connectivity index (χ1v) is 6.45. The largest absolute Gasteiger partial charge is 0.356 e. The van der Waals surface area contributed by atoms with E-state index in [9.17, 15) is 4.79 Å². The molecule has 1 saturated heterocycles. The normalized spacial score (nSPS) is 22.0. The molecule has 1 heterocycles. The van der Waals surface area contributed by atoms with E-state index < -0.39 is 0 Å². The van der Waals surface area contributed by atoms with E-state index >= 15 is 0 Å². The summed E-state index contributed by atoms with van der Waals surface area (Å²) in [5.41, 5.74) is 5.58. The second-order valence-corrected chi connectivity index (χ2v) is 4.59. The molecule has 1 aliphatic heterocycles. The molecule has 1 aliphatic rings. The van der Waals surface area contributed by atoms with E-state index in [1.165, 1.54) is 12.8 Å². The number of rotatable bonds is 6. The molecular formula is C12H25N3O. The molecule has 4 heteroatoms.